The molecule has 4 aromatic rings. The van der Waals surface area contributed by atoms with Crippen molar-refractivity contribution in [3.05, 3.63) is 102 Å². The highest BCUT2D eigenvalue weighted by Gasteiger charge is 2.14. The van der Waals surface area contributed by atoms with Gasteiger partial charge in [-0.25, -0.2) is 0 Å². The van der Waals surface area contributed by atoms with E-state index in [1.165, 1.54) is 10.8 Å². The van der Waals surface area contributed by atoms with Crippen LogP contribution in [0.3, 0.4) is 0 Å². The van der Waals surface area contributed by atoms with Crippen molar-refractivity contribution in [2.45, 2.75) is 0 Å². The lowest BCUT2D eigenvalue weighted by Gasteiger charge is -2.26. The topological polar surface area (TPSA) is 32.7 Å². The van der Waals surface area contributed by atoms with Crippen LogP contribution in [0, 0.1) is 4.91 Å². The van der Waals surface area contributed by atoms with E-state index in [1.54, 1.807) is 12.1 Å². The molecule has 0 aliphatic carbocycles. The van der Waals surface area contributed by atoms with Crippen LogP contribution in [0.25, 0.3) is 10.8 Å². The maximum absolute atomic E-state index is 10.7. The molecule has 0 heterocycles. The fourth-order valence-corrected chi connectivity index (χ4v) is 3.07. The Morgan fingerprint density at radius 1 is 0.600 bits per heavy atom. The van der Waals surface area contributed by atoms with E-state index in [-0.39, 0.29) is 0 Å². The van der Waals surface area contributed by atoms with Gasteiger partial charge in [-0.2, -0.15) is 0 Å². The molecule has 3 nitrogen and oxygen atoms in total. The van der Waals surface area contributed by atoms with Crippen LogP contribution in [0.2, 0.25) is 0 Å². The Hall–Kier alpha value is -3.46. The summed E-state index contributed by atoms with van der Waals surface area (Å²) in [5.41, 5.74) is 3.56. The molecule has 0 saturated heterocycles. The largest absolute Gasteiger partial charge is 0.310 e. The van der Waals surface area contributed by atoms with Gasteiger partial charge in [-0.15, -0.1) is 4.91 Å². The molecule has 0 amide bonds. The van der Waals surface area contributed by atoms with Crippen LogP contribution in [0.15, 0.2) is 102 Å². The average molecular weight is 324 g/mol. The number of anilines is 3. The number of nitrogens with zero attached hydrogens (tertiary/aromatic N) is 2. The second kappa shape index (κ2) is 6.57. The molecule has 120 valence electrons. The number of nitroso groups, excluding NO2 is 1. The standard InChI is InChI=1S/C22H16N2O/c25-23-18-13-15-20(16-14-18)24(19-9-2-1-3-10-19)22-12-6-8-17-7-4-5-11-21(17)22/h1-16H. The van der Waals surface area contributed by atoms with Crippen molar-refractivity contribution in [3.63, 3.8) is 0 Å². The third kappa shape index (κ3) is 2.88. The van der Waals surface area contributed by atoms with E-state index in [0.717, 1.165) is 17.1 Å². The van der Waals surface area contributed by atoms with Gasteiger partial charge in [0.2, 0.25) is 0 Å². The fourth-order valence-electron chi connectivity index (χ4n) is 3.07. The molecule has 0 aliphatic rings. The van der Waals surface area contributed by atoms with Crippen molar-refractivity contribution in [1.29, 1.82) is 0 Å². The van der Waals surface area contributed by atoms with Crippen LogP contribution in [-0.2, 0) is 0 Å². The van der Waals surface area contributed by atoms with Gasteiger partial charge >= 0.3 is 0 Å². The molecule has 0 unspecified atom stereocenters. The number of benzene rings is 4. The van der Waals surface area contributed by atoms with Crippen molar-refractivity contribution >= 4 is 33.5 Å². The van der Waals surface area contributed by atoms with Gasteiger partial charge in [0.15, 0.2) is 0 Å². The Balaban J connectivity index is 1.95. The van der Waals surface area contributed by atoms with Crippen LogP contribution in [0.5, 0.6) is 0 Å². The van der Waals surface area contributed by atoms with E-state index in [2.05, 4.69) is 58.6 Å². The first-order chi connectivity index (χ1) is 12.4. The summed E-state index contributed by atoms with van der Waals surface area (Å²) in [7, 11) is 0. The molecule has 4 rings (SSSR count). The monoisotopic (exact) mass is 324 g/mol. The summed E-state index contributed by atoms with van der Waals surface area (Å²) in [6, 6.07) is 32.2. The second-order valence-electron chi connectivity index (χ2n) is 5.78. The maximum Gasteiger partial charge on any atom is 0.108 e. The van der Waals surface area contributed by atoms with E-state index in [9.17, 15) is 4.91 Å². The summed E-state index contributed by atoms with van der Waals surface area (Å²) < 4.78 is 0. The smallest absolute Gasteiger partial charge is 0.108 e. The summed E-state index contributed by atoms with van der Waals surface area (Å²) in [5, 5.41) is 5.36. The van der Waals surface area contributed by atoms with E-state index in [0.29, 0.717) is 5.69 Å². The lowest BCUT2D eigenvalue weighted by Crippen LogP contribution is -2.10. The van der Waals surface area contributed by atoms with Gasteiger partial charge < -0.3 is 4.90 Å². The molecule has 25 heavy (non-hydrogen) atoms. The van der Waals surface area contributed by atoms with E-state index >= 15 is 0 Å². The molecule has 0 bridgehead atoms. The Labute approximate surface area is 146 Å². The fraction of sp³-hybridized carbons (Fsp3) is 0. The van der Waals surface area contributed by atoms with Gasteiger partial charge in [-0.3, -0.25) is 0 Å². The zero-order valence-corrected chi connectivity index (χ0v) is 13.5. The van der Waals surface area contributed by atoms with Gasteiger partial charge in [0.25, 0.3) is 0 Å². The van der Waals surface area contributed by atoms with Gasteiger partial charge in [-0.1, -0.05) is 54.6 Å². The Morgan fingerprint density at radius 2 is 1.24 bits per heavy atom. The third-order valence-electron chi connectivity index (χ3n) is 4.24. The Bertz CT molecular complexity index is 1010. The molecule has 0 atom stereocenters. The predicted molar refractivity (Wildman–Crippen MR) is 104 cm³/mol. The number of rotatable bonds is 4. The summed E-state index contributed by atoms with van der Waals surface area (Å²) in [6.45, 7) is 0. The van der Waals surface area contributed by atoms with E-state index < -0.39 is 0 Å². The third-order valence-corrected chi connectivity index (χ3v) is 4.24. The number of hydrogen-bond donors (Lipinski definition) is 0. The summed E-state index contributed by atoms with van der Waals surface area (Å²) in [5.74, 6) is 0. The zero-order chi connectivity index (χ0) is 17.1. The normalized spacial score (nSPS) is 10.6. The summed E-state index contributed by atoms with van der Waals surface area (Å²) >= 11 is 0. The molecule has 0 saturated carbocycles. The van der Waals surface area contributed by atoms with Crippen molar-refractivity contribution in [2.24, 2.45) is 5.18 Å². The average Bonchev–Trinajstić information content (AvgIpc) is 2.70. The molecule has 4 aromatic carbocycles. The SMILES string of the molecule is O=Nc1ccc(N(c2ccccc2)c2cccc3ccccc23)cc1. The summed E-state index contributed by atoms with van der Waals surface area (Å²) in [6.07, 6.45) is 0. The molecule has 0 aliphatic heterocycles. The quantitative estimate of drug-likeness (QED) is 0.391. The van der Waals surface area contributed by atoms with Gasteiger partial charge in [-0.05, 0) is 53.0 Å². The van der Waals surface area contributed by atoms with Crippen LogP contribution in [-0.4, -0.2) is 0 Å². The lowest BCUT2D eigenvalue weighted by atomic mass is 10.1. The first-order valence-corrected chi connectivity index (χ1v) is 8.13. The van der Waals surface area contributed by atoms with Crippen LogP contribution in [0.1, 0.15) is 0 Å². The highest BCUT2D eigenvalue weighted by Crippen LogP contribution is 2.38. The van der Waals surface area contributed by atoms with Crippen LogP contribution < -0.4 is 4.90 Å². The Kier molecular flexibility index (Phi) is 3.97. The molecular weight excluding hydrogens is 308 g/mol. The molecule has 0 spiro atoms. The van der Waals surface area contributed by atoms with E-state index in [1.807, 2.05) is 36.4 Å². The molecule has 0 radical (unpaired) electrons. The first-order valence-electron chi connectivity index (χ1n) is 8.13. The molecule has 0 N–H and O–H groups in total. The van der Waals surface area contributed by atoms with Crippen LogP contribution in [0.4, 0.5) is 22.7 Å². The zero-order valence-electron chi connectivity index (χ0n) is 13.5. The van der Waals surface area contributed by atoms with Crippen molar-refractivity contribution in [1.82, 2.24) is 0 Å². The Morgan fingerprint density at radius 3 is 2.00 bits per heavy atom. The highest BCUT2D eigenvalue weighted by atomic mass is 16.3. The number of para-hydroxylation sites is 1. The maximum atomic E-state index is 10.7. The molecule has 3 heteroatoms. The molecular formula is C22H16N2O. The highest BCUT2D eigenvalue weighted by molar-refractivity contribution is 5.98. The van der Waals surface area contributed by atoms with Crippen molar-refractivity contribution < 1.29 is 0 Å². The predicted octanol–water partition coefficient (Wildman–Crippen LogP) is 6.71. The molecule has 0 fully saturated rings. The lowest BCUT2D eigenvalue weighted by molar-refractivity contribution is 1.29. The minimum absolute atomic E-state index is 0.426. The van der Waals surface area contributed by atoms with Gasteiger partial charge in [0.1, 0.15) is 5.69 Å². The minimum Gasteiger partial charge on any atom is -0.310 e. The second-order valence-corrected chi connectivity index (χ2v) is 5.78. The number of hydrogen-bond acceptors (Lipinski definition) is 3. The first kappa shape index (κ1) is 15.1. The number of fused-ring (bicyclic) bond motifs is 1. The molecule has 0 aromatic heterocycles. The van der Waals surface area contributed by atoms with Gasteiger partial charge in [0, 0.05) is 16.8 Å². The van der Waals surface area contributed by atoms with Crippen molar-refractivity contribution in [3.8, 4) is 0 Å². The summed E-state index contributed by atoms with van der Waals surface area (Å²) in [4.78, 5) is 12.9. The van der Waals surface area contributed by atoms with Crippen molar-refractivity contribution in [2.75, 3.05) is 4.90 Å². The minimum atomic E-state index is 0.426. The van der Waals surface area contributed by atoms with Crippen LogP contribution >= 0.6 is 0 Å². The van der Waals surface area contributed by atoms with Gasteiger partial charge in [0.05, 0.1) is 5.69 Å². The van der Waals surface area contributed by atoms with E-state index in [4.69, 9.17) is 0 Å².